The molecule has 0 radical (unpaired) electrons. The molecule has 0 amide bonds. The van der Waals surface area contributed by atoms with E-state index in [2.05, 4.69) is 22.9 Å². The third kappa shape index (κ3) is 4.81. The number of benzene rings is 3. The molecule has 1 aromatic heterocycles. The fourth-order valence-electron chi connectivity index (χ4n) is 7.95. The third-order valence-electron chi connectivity index (χ3n) is 10.0. The van der Waals surface area contributed by atoms with Crippen LogP contribution in [-0.2, 0) is 0 Å². The van der Waals surface area contributed by atoms with Gasteiger partial charge in [0.15, 0.2) is 5.82 Å². The molecule has 1 aliphatic carbocycles. The summed E-state index contributed by atoms with van der Waals surface area (Å²) < 4.78 is 38.0. The largest absolute Gasteiger partial charge is 0.508 e. The molecular weight excluding hydrogens is 562 g/mol. The number of hydrogen-bond donors (Lipinski definition) is 2. The van der Waals surface area contributed by atoms with Crippen molar-refractivity contribution in [3.8, 4) is 35.2 Å². The predicted molar refractivity (Wildman–Crippen MR) is 167 cm³/mol. The zero-order valence-corrected chi connectivity index (χ0v) is 24.8. The Morgan fingerprint density at radius 3 is 2.70 bits per heavy atom. The van der Waals surface area contributed by atoms with E-state index in [1.807, 2.05) is 4.90 Å². The Labute approximate surface area is 255 Å². The first-order chi connectivity index (χ1) is 21.3. The molecule has 7 nitrogen and oxygen atoms in total. The molecule has 4 aromatic rings. The van der Waals surface area contributed by atoms with Gasteiger partial charge < -0.3 is 24.7 Å². The highest BCUT2D eigenvalue weighted by Gasteiger charge is 2.47. The first-order valence-electron chi connectivity index (χ1n) is 15.5. The molecule has 228 valence electrons. The molecule has 3 atom stereocenters. The predicted octanol–water partition coefficient (Wildman–Crippen LogP) is 6.02. The molecule has 3 aliphatic rings. The summed E-state index contributed by atoms with van der Waals surface area (Å²) in [5.74, 6) is 1.56. The van der Waals surface area contributed by atoms with Crippen molar-refractivity contribution in [2.45, 2.75) is 57.1 Å². The van der Waals surface area contributed by atoms with E-state index in [0.29, 0.717) is 54.1 Å². The summed E-state index contributed by atoms with van der Waals surface area (Å²) in [6, 6.07) is 9.48. The molecule has 7 rings (SSSR count). The van der Waals surface area contributed by atoms with Crippen LogP contribution in [0.15, 0.2) is 36.4 Å². The number of aliphatic hydroxyl groups excluding tert-OH is 1. The molecule has 3 aromatic carbocycles. The number of rotatable bonds is 5. The summed E-state index contributed by atoms with van der Waals surface area (Å²) in [4.78, 5) is 13.8. The maximum absolute atomic E-state index is 16.8. The van der Waals surface area contributed by atoms with Crippen LogP contribution in [0.25, 0.3) is 32.8 Å². The number of fused-ring (bicyclic) bond motifs is 3. The number of nitrogens with zero attached hydrogens (tertiary/aromatic N) is 4. The van der Waals surface area contributed by atoms with Crippen molar-refractivity contribution in [1.82, 2.24) is 14.9 Å². The summed E-state index contributed by atoms with van der Waals surface area (Å²) in [5.41, 5.74) is 0.441. The van der Waals surface area contributed by atoms with E-state index in [1.54, 1.807) is 12.1 Å². The molecule has 44 heavy (non-hydrogen) atoms. The molecule has 2 saturated heterocycles. The third-order valence-corrected chi connectivity index (χ3v) is 10.0. The van der Waals surface area contributed by atoms with Gasteiger partial charge in [0.25, 0.3) is 0 Å². The second kappa shape index (κ2) is 11.2. The second-order valence-corrected chi connectivity index (χ2v) is 12.7. The smallest absolute Gasteiger partial charge is 0.319 e. The minimum atomic E-state index is -0.651. The number of aliphatic hydroxyl groups is 1. The lowest BCUT2D eigenvalue weighted by Crippen LogP contribution is -2.50. The molecule has 2 N–H and O–H groups in total. The van der Waals surface area contributed by atoms with Gasteiger partial charge in [-0.2, -0.15) is 9.97 Å². The molecule has 3 unspecified atom stereocenters. The van der Waals surface area contributed by atoms with Crippen molar-refractivity contribution in [2.75, 3.05) is 38.2 Å². The number of halogens is 2. The Balaban J connectivity index is 1.37. The normalized spacial score (nSPS) is 24.0. The van der Waals surface area contributed by atoms with Crippen LogP contribution in [0.4, 0.5) is 14.6 Å². The van der Waals surface area contributed by atoms with E-state index >= 15 is 4.39 Å². The summed E-state index contributed by atoms with van der Waals surface area (Å²) in [6.07, 6.45) is 12.1. The Morgan fingerprint density at radius 1 is 1.05 bits per heavy atom. The fraction of sp³-hybridized carbons (Fsp3) is 0.429. The van der Waals surface area contributed by atoms with Gasteiger partial charge in [-0.25, -0.2) is 8.78 Å². The van der Waals surface area contributed by atoms with Crippen LogP contribution in [-0.4, -0.2) is 70.5 Å². The Bertz CT molecular complexity index is 1810. The maximum Gasteiger partial charge on any atom is 0.319 e. The van der Waals surface area contributed by atoms with Gasteiger partial charge in [0.1, 0.15) is 22.9 Å². The number of ether oxygens (including phenoxy) is 1. The number of piperidine rings is 2. The lowest BCUT2D eigenvalue weighted by atomic mass is 9.76. The first-order valence-corrected chi connectivity index (χ1v) is 15.5. The number of aromatic hydroxyl groups is 1. The molecule has 9 heteroatoms. The highest BCUT2D eigenvalue weighted by atomic mass is 19.1. The van der Waals surface area contributed by atoms with Gasteiger partial charge >= 0.3 is 6.01 Å². The van der Waals surface area contributed by atoms with Gasteiger partial charge in [-0.3, -0.25) is 0 Å². The van der Waals surface area contributed by atoms with Gasteiger partial charge in [-0.1, -0.05) is 24.5 Å². The van der Waals surface area contributed by atoms with E-state index in [-0.39, 0.29) is 39.4 Å². The van der Waals surface area contributed by atoms with Crippen molar-refractivity contribution in [3.63, 3.8) is 0 Å². The van der Waals surface area contributed by atoms with E-state index in [0.717, 1.165) is 45.1 Å². The number of β-amino-alcohol motifs (C(OH)–C–C–N with tert-alkyl or cyclic N) is 1. The van der Waals surface area contributed by atoms with Crippen LogP contribution in [0.3, 0.4) is 0 Å². The quantitative estimate of drug-likeness (QED) is 0.272. The summed E-state index contributed by atoms with van der Waals surface area (Å²) >= 11 is 0. The lowest BCUT2D eigenvalue weighted by molar-refractivity contribution is 0.0133. The number of phenolic OH excluding ortho intramolecular Hbond substituents is 1. The van der Waals surface area contributed by atoms with E-state index in [9.17, 15) is 14.6 Å². The van der Waals surface area contributed by atoms with E-state index in [4.69, 9.17) is 16.1 Å². The molecular formula is C35H36F2N4O3. The SMILES string of the molecule is C#Cc1c(F)ccc2cc(O)cc(-c3ccc4c(N5CCCC(O)C5)nc(OCC56CCCC5N(C)CCC6)nc4c3F)c12. The summed E-state index contributed by atoms with van der Waals surface area (Å²) in [7, 11) is 2.18. The van der Waals surface area contributed by atoms with Crippen LogP contribution in [0.2, 0.25) is 0 Å². The van der Waals surface area contributed by atoms with Crippen LogP contribution in [0.1, 0.15) is 50.5 Å². The Morgan fingerprint density at radius 2 is 1.89 bits per heavy atom. The van der Waals surface area contributed by atoms with Crippen LogP contribution >= 0.6 is 0 Å². The average Bonchev–Trinajstić information content (AvgIpc) is 3.46. The molecule has 2 aliphatic heterocycles. The number of likely N-dealkylation sites (tertiary alicyclic amines) is 1. The van der Waals surface area contributed by atoms with Crippen LogP contribution in [0.5, 0.6) is 11.8 Å². The monoisotopic (exact) mass is 598 g/mol. The molecule has 3 fully saturated rings. The highest BCUT2D eigenvalue weighted by molar-refractivity contribution is 6.04. The highest BCUT2D eigenvalue weighted by Crippen LogP contribution is 2.47. The summed E-state index contributed by atoms with van der Waals surface area (Å²) in [5, 5.41) is 22.3. The molecule has 1 saturated carbocycles. The minimum absolute atomic E-state index is 0.00334. The molecule has 0 spiro atoms. The molecule has 3 heterocycles. The average molecular weight is 599 g/mol. The first kappa shape index (κ1) is 28.8. The van der Waals surface area contributed by atoms with Gasteiger partial charge in [0, 0.05) is 40.9 Å². The lowest BCUT2D eigenvalue weighted by Gasteiger charge is -2.44. The van der Waals surface area contributed by atoms with Crippen molar-refractivity contribution in [2.24, 2.45) is 5.41 Å². The number of hydrogen-bond acceptors (Lipinski definition) is 7. The second-order valence-electron chi connectivity index (χ2n) is 12.7. The zero-order valence-electron chi connectivity index (χ0n) is 24.8. The standard InChI is InChI=1S/C35H36F2N4O3/c1-3-24-28(36)12-9-21-17-23(43)18-27(30(21)24)25-10-11-26-32(31(25)37)38-34(39-33(26)41-16-5-7-22(42)19-41)44-20-35-13-4-8-29(35)40(2)15-6-14-35/h1,9-12,17-18,22,29,42-43H,4-8,13-16,19-20H2,2H3. The van der Waals surface area contributed by atoms with Crippen molar-refractivity contribution in [1.29, 1.82) is 0 Å². The van der Waals surface area contributed by atoms with Gasteiger partial charge in [0.2, 0.25) is 0 Å². The Hall–Kier alpha value is -4.00. The number of phenols is 1. The number of anilines is 1. The number of terminal acetylenes is 1. The minimum Gasteiger partial charge on any atom is -0.508 e. The van der Waals surface area contributed by atoms with Crippen LogP contribution < -0.4 is 9.64 Å². The van der Waals surface area contributed by atoms with Crippen molar-refractivity contribution < 1.29 is 23.7 Å². The van der Waals surface area contributed by atoms with Crippen LogP contribution in [0, 0.1) is 29.4 Å². The van der Waals surface area contributed by atoms with Gasteiger partial charge in [0.05, 0.1) is 18.3 Å². The van der Waals surface area contributed by atoms with E-state index < -0.39 is 17.7 Å². The van der Waals surface area contributed by atoms with Crippen molar-refractivity contribution >= 4 is 27.5 Å². The van der Waals surface area contributed by atoms with E-state index in [1.165, 1.54) is 24.3 Å². The molecule has 0 bridgehead atoms. The number of aromatic nitrogens is 2. The fourth-order valence-corrected chi connectivity index (χ4v) is 7.95. The zero-order chi connectivity index (χ0) is 30.6. The van der Waals surface area contributed by atoms with Gasteiger partial charge in [-0.15, -0.1) is 6.42 Å². The summed E-state index contributed by atoms with van der Waals surface area (Å²) in [6.45, 7) is 2.54. The van der Waals surface area contributed by atoms with Gasteiger partial charge in [-0.05, 0) is 87.3 Å². The van der Waals surface area contributed by atoms with Crippen molar-refractivity contribution in [3.05, 3.63) is 53.6 Å². The Kier molecular flexibility index (Phi) is 7.30. The maximum atomic E-state index is 16.8. The topological polar surface area (TPSA) is 82.0 Å².